The second-order valence-corrected chi connectivity index (χ2v) is 3.22. The molecular formula is C12H8O4. The molecule has 0 saturated heterocycles. The Morgan fingerprint density at radius 1 is 1.00 bits per heavy atom. The molecule has 80 valence electrons. The number of benzene rings is 2. The number of hydrogen-bond donors (Lipinski definition) is 1. The molecule has 16 heavy (non-hydrogen) atoms. The molecule has 2 aromatic rings. The Balaban J connectivity index is 2.39. The lowest BCUT2D eigenvalue weighted by Crippen LogP contribution is -2.09. The van der Waals surface area contributed by atoms with E-state index in [0.717, 1.165) is 10.8 Å². The number of carbonyl (C=O) groups is 2. The van der Waals surface area contributed by atoms with Crippen molar-refractivity contribution in [3.63, 3.8) is 0 Å². The number of hydrogen-bond acceptors (Lipinski definition) is 3. The summed E-state index contributed by atoms with van der Waals surface area (Å²) in [6.07, 6.45) is -1.60. The predicted molar refractivity (Wildman–Crippen MR) is 57.4 cm³/mol. The lowest BCUT2D eigenvalue weighted by Gasteiger charge is -2.01. The molecule has 0 amide bonds. The van der Waals surface area contributed by atoms with Crippen LogP contribution in [0.1, 0.15) is 10.4 Å². The fourth-order valence-electron chi connectivity index (χ4n) is 1.45. The Bertz CT molecular complexity index is 560. The summed E-state index contributed by atoms with van der Waals surface area (Å²) in [4.78, 5) is 21.5. The SMILES string of the molecule is O=C(O)OC(=O)c1ccc2ccccc2c1. The molecule has 0 radical (unpaired) electrons. The Labute approximate surface area is 91.1 Å². The van der Waals surface area contributed by atoms with Crippen molar-refractivity contribution in [3.8, 4) is 0 Å². The third kappa shape index (κ3) is 2.00. The molecule has 0 unspecified atom stereocenters. The summed E-state index contributed by atoms with van der Waals surface area (Å²) in [5.74, 6) is -0.863. The summed E-state index contributed by atoms with van der Waals surface area (Å²) >= 11 is 0. The van der Waals surface area contributed by atoms with Gasteiger partial charge in [0.25, 0.3) is 0 Å². The molecule has 0 aliphatic carbocycles. The summed E-state index contributed by atoms with van der Waals surface area (Å²) in [6, 6.07) is 12.3. The van der Waals surface area contributed by atoms with Gasteiger partial charge in [-0.05, 0) is 22.9 Å². The highest BCUT2D eigenvalue weighted by molar-refractivity contribution is 5.98. The van der Waals surface area contributed by atoms with Crippen molar-refractivity contribution in [2.24, 2.45) is 0 Å². The smallest absolute Gasteiger partial charge is 0.449 e. The maximum Gasteiger partial charge on any atom is 0.513 e. The molecule has 2 aromatic carbocycles. The fraction of sp³-hybridized carbons (Fsp3) is 0. The van der Waals surface area contributed by atoms with Crippen molar-refractivity contribution in [1.29, 1.82) is 0 Å². The highest BCUT2D eigenvalue weighted by atomic mass is 16.7. The highest BCUT2D eigenvalue weighted by Crippen LogP contribution is 2.16. The van der Waals surface area contributed by atoms with Crippen LogP contribution in [-0.2, 0) is 4.74 Å². The first-order valence-electron chi connectivity index (χ1n) is 4.61. The van der Waals surface area contributed by atoms with E-state index in [1.807, 2.05) is 24.3 Å². The Morgan fingerprint density at radius 2 is 1.69 bits per heavy atom. The Hall–Kier alpha value is -2.36. The summed E-state index contributed by atoms with van der Waals surface area (Å²) in [5.41, 5.74) is 0.223. The van der Waals surface area contributed by atoms with Gasteiger partial charge >= 0.3 is 12.1 Å². The van der Waals surface area contributed by atoms with Gasteiger partial charge in [0.2, 0.25) is 0 Å². The summed E-state index contributed by atoms with van der Waals surface area (Å²) in [5, 5.41) is 10.2. The molecule has 0 aliphatic heterocycles. The van der Waals surface area contributed by atoms with Crippen LogP contribution in [0.15, 0.2) is 42.5 Å². The lowest BCUT2D eigenvalue weighted by atomic mass is 10.1. The molecule has 0 spiro atoms. The van der Waals surface area contributed by atoms with E-state index >= 15 is 0 Å². The van der Waals surface area contributed by atoms with Gasteiger partial charge in [-0.25, -0.2) is 9.59 Å². The summed E-state index contributed by atoms with van der Waals surface area (Å²) in [7, 11) is 0. The van der Waals surface area contributed by atoms with Gasteiger partial charge in [-0.15, -0.1) is 0 Å². The van der Waals surface area contributed by atoms with Crippen LogP contribution in [0.2, 0.25) is 0 Å². The molecule has 0 fully saturated rings. The van der Waals surface area contributed by atoms with E-state index in [4.69, 9.17) is 5.11 Å². The van der Waals surface area contributed by atoms with Gasteiger partial charge in [0.15, 0.2) is 0 Å². The minimum absolute atomic E-state index is 0.223. The maximum atomic E-state index is 11.3. The first kappa shape index (κ1) is 10.2. The van der Waals surface area contributed by atoms with Gasteiger partial charge < -0.3 is 9.84 Å². The van der Waals surface area contributed by atoms with Crippen molar-refractivity contribution >= 4 is 22.9 Å². The third-order valence-corrected chi connectivity index (χ3v) is 2.17. The summed E-state index contributed by atoms with van der Waals surface area (Å²) < 4.78 is 4.06. The molecule has 2 rings (SSSR count). The van der Waals surface area contributed by atoms with Gasteiger partial charge in [0.1, 0.15) is 0 Å². The first-order chi connectivity index (χ1) is 7.66. The third-order valence-electron chi connectivity index (χ3n) is 2.17. The van der Waals surface area contributed by atoms with E-state index < -0.39 is 12.1 Å². The van der Waals surface area contributed by atoms with Gasteiger partial charge in [0.05, 0.1) is 5.56 Å². The quantitative estimate of drug-likeness (QED) is 0.588. The van der Waals surface area contributed by atoms with Crippen molar-refractivity contribution < 1.29 is 19.4 Å². The predicted octanol–water partition coefficient (Wildman–Crippen LogP) is 2.67. The molecule has 0 heterocycles. The first-order valence-corrected chi connectivity index (χ1v) is 4.61. The van der Waals surface area contributed by atoms with Gasteiger partial charge in [-0.3, -0.25) is 0 Å². The molecule has 0 atom stereocenters. The topological polar surface area (TPSA) is 63.6 Å². The average Bonchev–Trinajstić information content (AvgIpc) is 2.27. The Kier molecular flexibility index (Phi) is 2.55. The zero-order valence-electron chi connectivity index (χ0n) is 8.21. The number of carbonyl (C=O) groups excluding carboxylic acids is 1. The maximum absolute atomic E-state index is 11.3. The fourth-order valence-corrected chi connectivity index (χ4v) is 1.45. The average molecular weight is 216 g/mol. The van der Waals surface area contributed by atoms with Crippen molar-refractivity contribution in [3.05, 3.63) is 48.0 Å². The second kappa shape index (κ2) is 4.02. The normalized spacial score (nSPS) is 10.0. The number of fused-ring (bicyclic) bond motifs is 1. The number of esters is 1. The molecule has 0 saturated carbocycles. The monoisotopic (exact) mass is 216 g/mol. The van der Waals surface area contributed by atoms with Crippen LogP contribution in [0.25, 0.3) is 10.8 Å². The number of carboxylic acid groups (broad SMARTS) is 1. The molecule has 4 nitrogen and oxygen atoms in total. The van der Waals surface area contributed by atoms with Gasteiger partial charge in [-0.1, -0.05) is 30.3 Å². The van der Waals surface area contributed by atoms with Crippen LogP contribution in [0.5, 0.6) is 0 Å². The molecule has 0 aromatic heterocycles. The zero-order valence-corrected chi connectivity index (χ0v) is 8.21. The van der Waals surface area contributed by atoms with Crippen molar-refractivity contribution in [1.82, 2.24) is 0 Å². The van der Waals surface area contributed by atoms with Crippen LogP contribution in [-0.4, -0.2) is 17.2 Å². The van der Waals surface area contributed by atoms with Crippen LogP contribution in [0, 0.1) is 0 Å². The van der Waals surface area contributed by atoms with Crippen LogP contribution < -0.4 is 0 Å². The van der Waals surface area contributed by atoms with E-state index in [2.05, 4.69) is 4.74 Å². The minimum Gasteiger partial charge on any atom is -0.449 e. The van der Waals surface area contributed by atoms with Crippen LogP contribution >= 0.6 is 0 Å². The minimum atomic E-state index is -1.60. The van der Waals surface area contributed by atoms with E-state index in [-0.39, 0.29) is 5.56 Å². The van der Waals surface area contributed by atoms with Crippen LogP contribution in [0.3, 0.4) is 0 Å². The molecular weight excluding hydrogens is 208 g/mol. The number of rotatable bonds is 1. The lowest BCUT2D eigenvalue weighted by molar-refractivity contribution is 0.0509. The van der Waals surface area contributed by atoms with E-state index in [1.54, 1.807) is 12.1 Å². The largest absolute Gasteiger partial charge is 0.513 e. The molecule has 4 heteroatoms. The standard InChI is InChI=1S/C12H8O4/c13-11(16-12(14)15)10-6-5-8-3-1-2-4-9(8)7-10/h1-7H,(H,14,15). The number of ether oxygens (including phenoxy) is 1. The van der Waals surface area contributed by atoms with Crippen LogP contribution in [0.4, 0.5) is 4.79 Å². The van der Waals surface area contributed by atoms with E-state index in [0.29, 0.717) is 0 Å². The van der Waals surface area contributed by atoms with E-state index in [9.17, 15) is 9.59 Å². The molecule has 0 bridgehead atoms. The van der Waals surface area contributed by atoms with Crippen molar-refractivity contribution in [2.45, 2.75) is 0 Å². The van der Waals surface area contributed by atoms with Gasteiger partial charge in [-0.2, -0.15) is 0 Å². The second-order valence-electron chi connectivity index (χ2n) is 3.22. The molecule has 1 N–H and O–H groups in total. The van der Waals surface area contributed by atoms with E-state index in [1.165, 1.54) is 6.07 Å². The Morgan fingerprint density at radius 3 is 2.38 bits per heavy atom. The summed E-state index contributed by atoms with van der Waals surface area (Å²) in [6.45, 7) is 0. The van der Waals surface area contributed by atoms with Gasteiger partial charge in [0, 0.05) is 0 Å². The zero-order chi connectivity index (χ0) is 11.5. The highest BCUT2D eigenvalue weighted by Gasteiger charge is 2.11. The molecule has 0 aliphatic rings. The van der Waals surface area contributed by atoms with Crippen molar-refractivity contribution in [2.75, 3.05) is 0 Å².